The lowest BCUT2D eigenvalue weighted by atomic mass is 10.1. The fourth-order valence-electron chi connectivity index (χ4n) is 2.72. The molecule has 0 unspecified atom stereocenters. The molecule has 0 radical (unpaired) electrons. The van der Waals surface area contributed by atoms with Crippen molar-refractivity contribution in [1.29, 1.82) is 0 Å². The maximum Gasteiger partial charge on any atom is 0.416 e. The standard InChI is InChI=1S/C22H27F3N4O3/c1-4-30-17-11-19(31-5-2)18(20(12-17)32-6-3)14-28-29-21(26)27-13-15-8-7-9-16(10-15)22(23,24)25/h7-12,14H,4-6,13H2,1-3H3,(H3,26,27,29). The molecule has 0 spiro atoms. The van der Waals surface area contributed by atoms with Crippen LogP contribution in [0.1, 0.15) is 37.5 Å². The maximum absolute atomic E-state index is 12.8. The summed E-state index contributed by atoms with van der Waals surface area (Å²) in [5.41, 5.74) is 8.56. The smallest absolute Gasteiger partial charge is 0.416 e. The van der Waals surface area contributed by atoms with Gasteiger partial charge in [0.2, 0.25) is 5.96 Å². The van der Waals surface area contributed by atoms with E-state index in [0.29, 0.717) is 48.2 Å². The highest BCUT2D eigenvalue weighted by molar-refractivity contribution is 5.89. The van der Waals surface area contributed by atoms with Crippen LogP contribution in [0.25, 0.3) is 0 Å². The van der Waals surface area contributed by atoms with Crippen LogP contribution in [0, 0.1) is 0 Å². The van der Waals surface area contributed by atoms with Gasteiger partial charge >= 0.3 is 6.18 Å². The molecule has 32 heavy (non-hydrogen) atoms. The van der Waals surface area contributed by atoms with Gasteiger partial charge in [-0.05, 0) is 38.5 Å². The Morgan fingerprint density at radius 1 is 1.00 bits per heavy atom. The number of halogens is 3. The first-order valence-electron chi connectivity index (χ1n) is 10.1. The highest BCUT2D eigenvalue weighted by atomic mass is 19.4. The Morgan fingerprint density at radius 3 is 2.19 bits per heavy atom. The number of nitrogens with zero attached hydrogens (tertiary/aromatic N) is 2. The number of nitrogens with two attached hydrogens (primary N) is 1. The van der Waals surface area contributed by atoms with Gasteiger partial charge in [-0.3, -0.25) is 0 Å². The van der Waals surface area contributed by atoms with Crippen LogP contribution in [0.3, 0.4) is 0 Å². The molecule has 0 heterocycles. The molecule has 7 nitrogen and oxygen atoms in total. The van der Waals surface area contributed by atoms with Crippen molar-refractivity contribution < 1.29 is 27.4 Å². The van der Waals surface area contributed by atoms with Crippen molar-refractivity contribution in [3.05, 3.63) is 53.1 Å². The van der Waals surface area contributed by atoms with E-state index in [2.05, 4.69) is 15.5 Å². The average Bonchev–Trinajstić information content (AvgIpc) is 2.74. The number of guanidine groups is 1. The summed E-state index contributed by atoms with van der Waals surface area (Å²) in [7, 11) is 0. The molecule has 2 aromatic rings. The molecule has 0 aliphatic rings. The van der Waals surface area contributed by atoms with Gasteiger partial charge in [-0.25, -0.2) is 10.4 Å². The van der Waals surface area contributed by atoms with Crippen LogP contribution in [0.2, 0.25) is 0 Å². The van der Waals surface area contributed by atoms with Crippen molar-refractivity contribution in [3.63, 3.8) is 0 Å². The lowest BCUT2D eigenvalue weighted by molar-refractivity contribution is -0.137. The Morgan fingerprint density at radius 2 is 1.62 bits per heavy atom. The fourth-order valence-corrected chi connectivity index (χ4v) is 2.72. The van der Waals surface area contributed by atoms with Crippen molar-refractivity contribution in [2.24, 2.45) is 15.8 Å². The van der Waals surface area contributed by atoms with Crippen LogP contribution in [0.4, 0.5) is 13.2 Å². The molecule has 0 aromatic heterocycles. The molecule has 10 heteroatoms. The van der Waals surface area contributed by atoms with Gasteiger partial charge in [-0.1, -0.05) is 12.1 Å². The van der Waals surface area contributed by atoms with Crippen molar-refractivity contribution in [2.45, 2.75) is 33.5 Å². The summed E-state index contributed by atoms with van der Waals surface area (Å²) in [6.07, 6.45) is -2.94. The Kier molecular flexibility index (Phi) is 9.18. The predicted molar refractivity (Wildman–Crippen MR) is 117 cm³/mol. The van der Waals surface area contributed by atoms with Crippen molar-refractivity contribution in [3.8, 4) is 17.2 Å². The topological polar surface area (TPSA) is 90.5 Å². The van der Waals surface area contributed by atoms with Gasteiger partial charge < -0.3 is 19.9 Å². The largest absolute Gasteiger partial charge is 0.494 e. The van der Waals surface area contributed by atoms with Gasteiger partial charge in [0, 0.05) is 12.1 Å². The second-order valence-electron chi connectivity index (χ2n) is 6.40. The molecular weight excluding hydrogens is 425 g/mol. The lowest BCUT2D eigenvalue weighted by Gasteiger charge is -2.15. The molecule has 0 aliphatic heterocycles. The first-order chi connectivity index (χ1) is 15.3. The van der Waals surface area contributed by atoms with Gasteiger partial charge in [-0.2, -0.15) is 18.3 Å². The van der Waals surface area contributed by atoms with Gasteiger partial charge in [0.15, 0.2) is 0 Å². The maximum atomic E-state index is 12.8. The molecule has 0 bridgehead atoms. The summed E-state index contributed by atoms with van der Waals surface area (Å²) >= 11 is 0. The molecule has 2 aromatic carbocycles. The third-order valence-electron chi connectivity index (χ3n) is 4.05. The van der Waals surface area contributed by atoms with Crippen LogP contribution in [0.5, 0.6) is 17.2 Å². The Hall–Kier alpha value is -3.43. The number of rotatable bonds is 10. The van der Waals surface area contributed by atoms with E-state index in [0.717, 1.165) is 12.1 Å². The molecule has 0 aliphatic carbocycles. The van der Waals surface area contributed by atoms with Gasteiger partial charge in [-0.15, -0.1) is 0 Å². The molecule has 0 fully saturated rings. The minimum absolute atomic E-state index is 0.0320. The first-order valence-corrected chi connectivity index (χ1v) is 10.1. The molecule has 0 saturated heterocycles. The molecule has 0 saturated carbocycles. The average molecular weight is 452 g/mol. The summed E-state index contributed by atoms with van der Waals surface area (Å²) in [4.78, 5) is 4.02. The minimum atomic E-state index is -4.41. The summed E-state index contributed by atoms with van der Waals surface area (Å²) in [6.45, 7) is 6.89. The number of hydrazone groups is 1. The number of benzene rings is 2. The van der Waals surface area contributed by atoms with E-state index in [9.17, 15) is 13.2 Å². The Balaban J connectivity index is 2.15. The number of alkyl halides is 3. The molecule has 174 valence electrons. The van der Waals surface area contributed by atoms with Crippen molar-refractivity contribution in [1.82, 2.24) is 5.43 Å². The van der Waals surface area contributed by atoms with E-state index >= 15 is 0 Å². The second-order valence-corrected chi connectivity index (χ2v) is 6.40. The highest BCUT2D eigenvalue weighted by Crippen LogP contribution is 2.33. The third-order valence-corrected chi connectivity index (χ3v) is 4.05. The predicted octanol–water partition coefficient (Wildman–Crippen LogP) is 4.34. The van der Waals surface area contributed by atoms with Crippen molar-refractivity contribution in [2.75, 3.05) is 19.8 Å². The number of hydrogen-bond acceptors (Lipinski definition) is 5. The van der Waals surface area contributed by atoms with Crippen LogP contribution in [-0.4, -0.2) is 32.0 Å². The molecule has 3 N–H and O–H groups in total. The molecule has 0 amide bonds. The van der Waals surface area contributed by atoms with E-state index < -0.39 is 11.7 Å². The summed E-state index contributed by atoms with van der Waals surface area (Å²) < 4.78 is 55.4. The molecule has 2 rings (SSSR count). The van der Waals surface area contributed by atoms with E-state index in [-0.39, 0.29) is 12.5 Å². The van der Waals surface area contributed by atoms with Crippen LogP contribution >= 0.6 is 0 Å². The van der Waals surface area contributed by atoms with Gasteiger partial charge in [0.1, 0.15) is 17.2 Å². The number of hydrogen-bond donors (Lipinski definition) is 2. The van der Waals surface area contributed by atoms with Gasteiger partial charge in [0.05, 0.1) is 43.7 Å². The highest BCUT2D eigenvalue weighted by Gasteiger charge is 2.30. The van der Waals surface area contributed by atoms with Gasteiger partial charge in [0.25, 0.3) is 0 Å². The number of ether oxygens (including phenoxy) is 3. The van der Waals surface area contributed by atoms with E-state index in [1.54, 1.807) is 12.1 Å². The summed E-state index contributed by atoms with van der Waals surface area (Å²) in [5.74, 6) is 1.59. The van der Waals surface area contributed by atoms with Crippen LogP contribution in [-0.2, 0) is 12.7 Å². The Bertz CT molecular complexity index is 919. The fraction of sp³-hybridized carbons (Fsp3) is 0.364. The zero-order valence-corrected chi connectivity index (χ0v) is 18.2. The number of nitrogens with one attached hydrogen (secondary N) is 1. The lowest BCUT2D eigenvalue weighted by Crippen LogP contribution is -2.27. The second kappa shape index (κ2) is 11.8. The number of aliphatic imine (C=N–C) groups is 1. The summed E-state index contributed by atoms with van der Waals surface area (Å²) in [5, 5.41) is 4.06. The Labute approximate surface area is 185 Å². The zero-order valence-electron chi connectivity index (χ0n) is 18.2. The molecule has 0 atom stereocenters. The van der Waals surface area contributed by atoms with Crippen LogP contribution in [0.15, 0.2) is 46.5 Å². The van der Waals surface area contributed by atoms with E-state index in [1.807, 2.05) is 20.8 Å². The van der Waals surface area contributed by atoms with E-state index in [1.165, 1.54) is 18.3 Å². The first kappa shape index (κ1) is 24.8. The summed E-state index contributed by atoms with van der Waals surface area (Å²) in [6, 6.07) is 8.37. The monoisotopic (exact) mass is 452 g/mol. The minimum Gasteiger partial charge on any atom is -0.494 e. The third kappa shape index (κ3) is 7.36. The molecular formula is C22H27F3N4O3. The quantitative estimate of drug-likeness (QED) is 0.318. The van der Waals surface area contributed by atoms with E-state index in [4.69, 9.17) is 19.9 Å². The van der Waals surface area contributed by atoms with Crippen LogP contribution < -0.4 is 25.4 Å². The SMILES string of the molecule is CCOc1cc(OCC)c(C=NNC(N)=NCc2cccc(C(F)(F)F)c2)c(OCC)c1. The van der Waals surface area contributed by atoms with Crippen molar-refractivity contribution >= 4 is 12.2 Å². The normalized spacial score (nSPS) is 12.1. The zero-order chi connectivity index (χ0) is 23.6.